The first-order valence-corrected chi connectivity index (χ1v) is 11.9. The van der Waals surface area contributed by atoms with E-state index in [1.165, 1.54) is 40.8 Å². The van der Waals surface area contributed by atoms with E-state index in [0.717, 1.165) is 3.97 Å². The number of hydrogen-bond acceptors (Lipinski definition) is 6. The molecule has 12 heteroatoms. The van der Waals surface area contributed by atoms with E-state index in [1.54, 1.807) is 0 Å². The van der Waals surface area contributed by atoms with Crippen molar-refractivity contribution in [1.82, 2.24) is 13.6 Å². The Labute approximate surface area is 167 Å². The fourth-order valence-corrected chi connectivity index (χ4v) is 6.38. The van der Waals surface area contributed by atoms with E-state index in [0.29, 0.717) is 13.0 Å². The van der Waals surface area contributed by atoms with Gasteiger partial charge in [-0.2, -0.15) is 0 Å². The van der Waals surface area contributed by atoms with Crippen molar-refractivity contribution in [2.75, 3.05) is 30.7 Å². The first-order chi connectivity index (χ1) is 13.7. The number of nitrogens with zero attached hydrogens (tertiary/aromatic N) is 2. The molecule has 0 unspecified atom stereocenters. The fourth-order valence-electron chi connectivity index (χ4n) is 3.38. The van der Waals surface area contributed by atoms with E-state index in [1.807, 2.05) is 0 Å². The van der Waals surface area contributed by atoms with Crippen molar-refractivity contribution >= 4 is 37.5 Å². The Balaban J connectivity index is 1.53. The second-order valence-corrected chi connectivity index (χ2v) is 10.6. The van der Waals surface area contributed by atoms with Gasteiger partial charge in [-0.15, -0.1) is 0 Å². The summed E-state index contributed by atoms with van der Waals surface area (Å²) in [5, 5.41) is 5.14. The van der Waals surface area contributed by atoms with E-state index >= 15 is 0 Å². The molecule has 0 bridgehead atoms. The number of fused-ring (bicyclic) bond motifs is 2. The van der Waals surface area contributed by atoms with Gasteiger partial charge in [-0.05, 0) is 36.8 Å². The zero-order valence-electron chi connectivity index (χ0n) is 15.2. The number of amides is 2. The average Bonchev–Trinajstić information content (AvgIpc) is 3.27. The van der Waals surface area contributed by atoms with Gasteiger partial charge < -0.3 is 10.6 Å². The van der Waals surface area contributed by atoms with Gasteiger partial charge >= 0.3 is 0 Å². The molecular weight excluding hydrogens is 420 g/mol. The summed E-state index contributed by atoms with van der Waals surface area (Å²) < 4.78 is 51.4. The standard InChI is InChI=1S/C17H18N4O6S2/c22-16(18-6-9-20-7-2-10-28(20,24)25)12-4-5-15-13(11-12)19-17(23)14-3-1-8-21(14)29(15,26)27/h1,3-5,8,11H,2,6-7,9-10H2,(H,18,22)(H,19,23). The summed E-state index contributed by atoms with van der Waals surface area (Å²) in [7, 11) is -7.22. The molecule has 1 aromatic heterocycles. The van der Waals surface area contributed by atoms with Crippen molar-refractivity contribution in [3.05, 3.63) is 47.8 Å². The molecule has 4 rings (SSSR count). The highest BCUT2D eigenvalue weighted by Crippen LogP contribution is 2.29. The number of hydrogen-bond donors (Lipinski definition) is 2. The Hall–Kier alpha value is -2.70. The minimum Gasteiger partial charge on any atom is -0.351 e. The Morgan fingerprint density at radius 1 is 1.17 bits per heavy atom. The van der Waals surface area contributed by atoms with Crippen LogP contribution in [0.4, 0.5) is 5.69 Å². The topological polar surface area (TPSA) is 135 Å². The average molecular weight is 438 g/mol. The maximum Gasteiger partial charge on any atom is 0.273 e. The van der Waals surface area contributed by atoms with Gasteiger partial charge in [0, 0.05) is 31.4 Å². The molecule has 0 saturated carbocycles. The molecule has 2 aromatic rings. The summed E-state index contributed by atoms with van der Waals surface area (Å²) in [6.45, 7) is 0.715. The molecule has 1 aromatic carbocycles. The number of nitrogens with one attached hydrogen (secondary N) is 2. The van der Waals surface area contributed by atoms with Gasteiger partial charge in [-0.3, -0.25) is 9.59 Å². The molecule has 0 atom stereocenters. The molecule has 1 fully saturated rings. The highest BCUT2D eigenvalue weighted by atomic mass is 32.2. The molecule has 2 N–H and O–H groups in total. The molecule has 2 aliphatic heterocycles. The van der Waals surface area contributed by atoms with Gasteiger partial charge in [0.25, 0.3) is 21.8 Å². The van der Waals surface area contributed by atoms with E-state index in [9.17, 15) is 26.4 Å². The van der Waals surface area contributed by atoms with Gasteiger partial charge in [0.05, 0.1) is 11.4 Å². The Morgan fingerprint density at radius 3 is 2.69 bits per heavy atom. The number of carbonyl (C=O) groups is 2. The van der Waals surface area contributed by atoms with Crippen LogP contribution in [0.5, 0.6) is 0 Å². The van der Waals surface area contributed by atoms with Gasteiger partial charge in [0.2, 0.25) is 10.0 Å². The Kier molecular flexibility index (Phi) is 4.71. The minimum atomic E-state index is -3.98. The summed E-state index contributed by atoms with van der Waals surface area (Å²) in [6, 6.07) is 6.75. The van der Waals surface area contributed by atoms with Crippen LogP contribution in [0.2, 0.25) is 0 Å². The molecule has 10 nitrogen and oxygen atoms in total. The Morgan fingerprint density at radius 2 is 1.97 bits per heavy atom. The molecule has 2 aliphatic rings. The molecular formula is C17H18N4O6S2. The molecule has 2 amide bonds. The molecule has 1 saturated heterocycles. The number of carbonyl (C=O) groups excluding carboxylic acids is 2. The maximum atomic E-state index is 12.8. The lowest BCUT2D eigenvalue weighted by atomic mass is 10.2. The maximum absolute atomic E-state index is 12.8. The van der Waals surface area contributed by atoms with Crippen LogP contribution in [0.1, 0.15) is 27.3 Å². The molecule has 0 spiro atoms. The predicted molar refractivity (Wildman–Crippen MR) is 104 cm³/mol. The number of rotatable bonds is 4. The summed E-state index contributed by atoms with van der Waals surface area (Å²) in [6.07, 6.45) is 1.85. The van der Waals surface area contributed by atoms with Crippen molar-refractivity contribution < 1.29 is 26.4 Å². The predicted octanol–water partition coefficient (Wildman–Crippen LogP) is 0.0561. The number of aromatic nitrogens is 1. The third-order valence-electron chi connectivity index (χ3n) is 4.82. The zero-order chi connectivity index (χ0) is 20.8. The SMILES string of the molecule is O=C(NCCN1CCCS1(=O)=O)c1ccc2c(c1)NC(=O)c1cccn1S2(=O)=O. The highest BCUT2D eigenvalue weighted by molar-refractivity contribution is 7.90. The highest BCUT2D eigenvalue weighted by Gasteiger charge is 2.31. The van der Waals surface area contributed by atoms with Gasteiger partial charge in [-0.25, -0.2) is 25.1 Å². The van der Waals surface area contributed by atoms with Crippen LogP contribution in [0.25, 0.3) is 0 Å². The van der Waals surface area contributed by atoms with Crippen molar-refractivity contribution in [2.45, 2.75) is 11.3 Å². The monoisotopic (exact) mass is 438 g/mol. The second kappa shape index (κ2) is 6.97. The van der Waals surface area contributed by atoms with Crippen molar-refractivity contribution in [2.24, 2.45) is 0 Å². The number of anilines is 1. The third-order valence-corrected chi connectivity index (χ3v) is 8.53. The smallest absolute Gasteiger partial charge is 0.273 e. The van der Waals surface area contributed by atoms with Crippen molar-refractivity contribution in [1.29, 1.82) is 0 Å². The van der Waals surface area contributed by atoms with Gasteiger partial charge in [0.15, 0.2) is 0 Å². The molecule has 3 heterocycles. The molecule has 154 valence electrons. The largest absolute Gasteiger partial charge is 0.351 e. The summed E-state index contributed by atoms with van der Waals surface area (Å²) >= 11 is 0. The third kappa shape index (κ3) is 3.43. The van der Waals surface area contributed by atoms with Crippen molar-refractivity contribution in [3.63, 3.8) is 0 Å². The lowest BCUT2D eigenvalue weighted by Gasteiger charge is -2.15. The van der Waals surface area contributed by atoms with E-state index < -0.39 is 31.9 Å². The number of benzene rings is 1. The van der Waals surface area contributed by atoms with Gasteiger partial charge in [-0.1, -0.05) is 0 Å². The molecule has 29 heavy (non-hydrogen) atoms. The second-order valence-electron chi connectivity index (χ2n) is 6.68. The normalized spacial score (nSPS) is 19.7. The molecule has 0 aliphatic carbocycles. The number of sulfonamides is 1. The summed E-state index contributed by atoms with van der Waals surface area (Å²) in [5.41, 5.74) is 0.127. The zero-order valence-corrected chi connectivity index (χ0v) is 16.8. The van der Waals surface area contributed by atoms with Crippen LogP contribution >= 0.6 is 0 Å². The lowest BCUT2D eigenvalue weighted by molar-refractivity contribution is 0.0950. The van der Waals surface area contributed by atoms with Crippen LogP contribution in [0.15, 0.2) is 41.4 Å². The fraction of sp³-hybridized carbons (Fsp3) is 0.294. The minimum absolute atomic E-state index is 0.00784. The molecule has 0 radical (unpaired) electrons. The van der Waals surface area contributed by atoms with Crippen LogP contribution in [-0.4, -0.2) is 62.3 Å². The summed E-state index contributed by atoms with van der Waals surface area (Å²) in [4.78, 5) is 24.6. The summed E-state index contributed by atoms with van der Waals surface area (Å²) in [5.74, 6) is -0.989. The van der Waals surface area contributed by atoms with Crippen LogP contribution in [-0.2, 0) is 20.0 Å². The lowest BCUT2D eigenvalue weighted by Crippen LogP contribution is -2.35. The van der Waals surface area contributed by atoms with Crippen LogP contribution in [0.3, 0.4) is 0 Å². The van der Waals surface area contributed by atoms with E-state index in [4.69, 9.17) is 0 Å². The van der Waals surface area contributed by atoms with Crippen LogP contribution in [0, 0.1) is 0 Å². The van der Waals surface area contributed by atoms with Gasteiger partial charge in [0.1, 0.15) is 10.6 Å². The Bertz CT molecular complexity index is 1220. The van der Waals surface area contributed by atoms with Crippen LogP contribution < -0.4 is 10.6 Å². The van der Waals surface area contributed by atoms with Crippen molar-refractivity contribution in [3.8, 4) is 0 Å². The first kappa shape index (κ1) is 19.6. The quantitative estimate of drug-likeness (QED) is 0.693. The first-order valence-electron chi connectivity index (χ1n) is 8.84. The van der Waals surface area contributed by atoms with E-state index in [2.05, 4.69) is 10.6 Å². The van der Waals surface area contributed by atoms with E-state index in [-0.39, 0.29) is 40.7 Å².